The summed E-state index contributed by atoms with van der Waals surface area (Å²) < 4.78 is 33.8. The molecule has 0 fully saturated rings. The molecule has 0 aliphatic rings. The molecule has 0 saturated heterocycles. The van der Waals surface area contributed by atoms with Gasteiger partial charge in [0, 0.05) is 5.56 Å². The Morgan fingerprint density at radius 1 is 0.720 bits per heavy atom. The van der Waals surface area contributed by atoms with Gasteiger partial charge in [-0.15, -0.1) is 0 Å². The largest absolute Gasteiger partial charge is 0.490 e. The van der Waals surface area contributed by atoms with Crippen LogP contribution >= 0.6 is 0 Å². The van der Waals surface area contributed by atoms with Crippen LogP contribution in [0.5, 0.6) is 5.75 Å². The second-order valence-electron chi connectivity index (χ2n) is 6.03. The zero-order valence-corrected chi connectivity index (χ0v) is 14.4. The van der Waals surface area contributed by atoms with Gasteiger partial charge >= 0.3 is 0 Å². The molecule has 1 nitrogen and oxygen atoms in total. The molecule has 0 unspecified atom stereocenters. The van der Waals surface area contributed by atoms with Crippen molar-refractivity contribution >= 4 is 0 Å². The van der Waals surface area contributed by atoms with E-state index in [0.29, 0.717) is 12.2 Å². The second-order valence-corrected chi connectivity index (χ2v) is 6.03. The molecule has 3 aromatic carbocycles. The summed E-state index contributed by atoms with van der Waals surface area (Å²) in [6.07, 6.45) is 0.739. The highest BCUT2D eigenvalue weighted by Gasteiger charge is 2.15. The van der Waals surface area contributed by atoms with Gasteiger partial charge in [-0.1, -0.05) is 61.0 Å². The van der Waals surface area contributed by atoms with Crippen LogP contribution in [0, 0.1) is 18.6 Å². The smallest absolute Gasteiger partial charge is 0.201 e. The maximum Gasteiger partial charge on any atom is 0.201 e. The Hall–Kier alpha value is -2.68. The number of ether oxygens (including phenoxy) is 1. The third-order valence-electron chi connectivity index (χ3n) is 4.09. The Balaban J connectivity index is 1.89. The Morgan fingerprint density at radius 2 is 1.28 bits per heavy atom. The number of hydrogen-bond donors (Lipinski definition) is 0. The predicted octanol–water partition coefficient (Wildman–Crippen LogP) is 6.40. The standard InChI is InChI=1S/C22H20F2O/c1-3-14-25-20-13-12-19(21(23)22(20)24)18-10-8-17(9-11-18)16-6-4-15(2)5-7-16/h4-13H,3,14H2,1-2H3. The molecule has 0 aliphatic heterocycles. The maximum absolute atomic E-state index is 14.4. The van der Waals surface area contributed by atoms with Crippen LogP contribution in [-0.4, -0.2) is 6.61 Å². The molecule has 3 aromatic rings. The first-order valence-corrected chi connectivity index (χ1v) is 8.38. The summed E-state index contributed by atoms with van der Waals surface area (Å²) in [5, 5.41) is 0. The second kappa shape index (κ2) is 7.47. The molecule has 0 aliphatic carbocycles. The fraction of sp³-hybridized carbons (Fsp3) is 0.182. The Labute approximate surface area is 146 Å². The highest BCUT2D eigenvalue weighted by Crippen LogP contribution is 2.31. The van der Waals surface area contributed by atoms with Crippen molar-refractivity contribution in [2.75, 3.05) is 6.61 Å². The lowest BCUT2D eigenvalue weighted by Gasteiger charge is -2.10. The summed E-state index contributed by atoms with van der Waals surface area (Å²) >= 11 is 0. The van der Waals surface area contributed by atoms with Gasteiger partial charge in [-0.2, -0.15) is 4.39 Å². The van der Waals surface area contributed by atoms with Crippen LogP contribution in [0.25, 0.3) is 22.3 Å². The molecule has 0 radical (unpaired) electrons. The first kappa shape index (κ1) is 17.2. The van der Waals surface area contributed by atoms with Crippen LogP contribution in [0.1, 0.15) is 18.9 Å². The molecule has 0 aromatic heterocycles. The number of aryl methyl sites for hydroxylation is 1. The average Bonchev–Trinajstić information content (AvgIpc) is 2.64. The van der Waals surface area contributed by atoms with E-state index in [-0.39, 0.29) is 11.3 Å². The van der Waals surface area contributed by atoms with Crippen LogP contribution in [0.2, 0.25) is 0 Å². The van der Waals surface area contributed by atoms with Crippen LogP contribution in [0.4, 0.5) is 8.78 Å². The van der Waals surface area contributed by atoms with Gasteiger partial charge < -0.3 is 4.74 Å². The third kappa shape index (κ3) is 3.71. The van der Waals surface area contributed by atoms with E-state index in [0.717, 1.165) is 17.5 Å². The Kier molecular flexibility index (Phi) is 5.13. The van der Waals surface area contributed by atoms with Crippen molar-refractivity contribution in [1.82, 2.24) is 0 Å². The number of halogens is 2. The van der Waals surface area contributed by atoms with E-state index in [1.54, 1.807) is 18.2 Å². The average molecular weight is 338 g/mol. The van der Waals surface area contributed by atoms with Crippen molar-refractivity contribution in [3.05, 3.63) is 77.9 Å². The van der Waals surface area contributed by atoms with Gasteiger partial charge in [-0.05, 0) is 42.2 Å². The topological polar surface area (TPSA) is 9.23 Å². The molecule has 0 bridgehead atoms. The van der Waals surface area contributed by atoms with Gasteiger partial charge in [0.2, 0.25) is 5.82 Å². The van der Waals surface area contributed by atoms with Crippen LogP contribution in [0.15, 0.2) is 60.7 Å². The first-order valence-electron chi connectivity index (χ1n) is 8.38. The van der Waals surface area contributed by atoms with Gasteiger partial charge in [0.05, 0.1) is 6.61 Å². The lowest BCUT2D eigenvalue weighted by Crippen LogP contribution is -2.00. The fourth-order valence-electron chi connectivity index (χ4n) is 2.67. The molecule has 0 spiro atoms. The molecule has 3 heteroatoms. The van der Waals surface area contributed by atoms with E-state index in [1.165, 1.54) is 11.6 Å². The minimum absolute atomic E-state index is 0.0422. The first-order chi connectivity index (χ1) is 12.1. The SMILES string of the molecule is CCCOc1ccc(-c2ccc(-c3ccc(C)cc3)cc2)c(F)c1F. The monoisotopic (exact) mass is 338 g/mol. The lowest BCUT2D eigenvalue weighted by molar-refractivity contribution is 0.295. The highest BCUT2D eigenvalue weighted by molar-refractivity contribution is 5.71. The molecular formula is C22H20F2O. The molecular weight excluding hydrogens is 318 g/mol. The predicted molar refractivity (Wildman–Crippen MR) is 97.8 cm³/mol. The normalized spacial score (nSPS) is 10.7. The van der Waals surface area contributed by atoms with Crippen molar-refractivity contribution in [2.45, 2.75) is 20.3 Å². The third-order valence-corrected chi connectivity index (χ3v) is 4.09. The van der Waals surface area contributed by atoms with Gasteiger partial charge in [0.25, 0.3) is 0 Å². The van der Waals surface area contributed by atoms with Crippen LogP contribution < -0.4 is 4.74 Å². The molecule has 25 heavy (non-hydrogen) atoms. The Bertz CT molecular complexity index is 852. The summed E-state index contributed by atoms with van der Waals surface area (Å²) in [6, 6.07) is 18.7. The minimum Gasteiger partial charge on any atom is -0.490 e. The molecule has 0 amide bonds. The van der Waals surface area contributed by atoms with Crippen molar-refractivity contribution in [3.8, 4) is 28.0 Å². The van der Waals surface area contributed by atoms with Gasteiger partial charge in [-0.25, -0.2) is 4.39 Å². The van der Waals surface area contributed by atoms with Crippen molar-refractivity contribution in [2.24, 2.45) is 0 Å². The van der Waals surface area contributed by atoms with Crippen molar-refractivity contribution in [3.63, 3.8) is 0 Å². The van der Waals surface area contributed by atoms with Crippen molar-refractivity contribution < 1.29 is 13.5 Å². The summed E-state index contributed by atoms with van der Waals surface area (Å²) in [4.78, 5) is 0. The summed E-state index contributed by atoms with van der Waals surface area (Å²) in [7, 11) is 0. The van der Waals surface area contributed by atoms with E-state index >= 15 is 0 Å². The van der Waals surface area contributed by atoms with E-state index in [2.05, 4.69) is 0 Å². The lowest BCUT2D eigenvalue weighted by atomic mass is 9.99. The fourth-order valence-corrected chi connectivity index (χ4v) is 2.67. The van der Waals surface area contributed by atoms with E-state index in [1.807, 2.05) is 50.2 Å². The quantitative estimate of drug-likeness (QED) is 0.523. The van der Waals surface area contributed by atoms with Crippen molar-refractivity contribution in [1.29, 1.82) is 0 Å². The molecule has 0 saturated carbocycles. The van der Waals surface area contributed by atoms with E-state index in [4.69, 9.17) is 4.74 Å². The minimum atomic E-state index is -0.937. The maximum atomic E-state index is 14.4. The van der Waals surface area contributed by atoms with Gasteiger partial charge in [-0.3, -0.25) is 0 Å². The number of rotatable bonds is 5. The molecule has 0 heterocycles. The zero-order valence-electron chi connectivity index (χ0n) is 14.4. The van der Waals surface area contributed by atoms with Gasteiger partial charge in [0.1, 0.15) is 0 Å². The molecule has 0 atom stereocenters. The summed E-state index contributed by atoms with van der Waals surface area (Å²) in [5.74, 6) is -1.86. The van der Waals surface area contributed by atoms with E-state index in [9.17, 15) is 8.78 Å². The highest BCUT2D eigenvalue weighted by atomic mass is 19.2. The summed E-state index contributed by atoms with van der Waals surface area (Å²) in [5.41, 5.74) is 4.19. The Morgan fingerprint density at radius 3 is 1.88 bits per heavy atom. The molecule has 3 rings (SSSR count). The van der Waals surface area contributed by atoms with E-state index < -0.39 is 11.6 Å². The van der Waals surface area contributed by atoms with Gasteiger partial charge in [0.15, 0.2) is 11.6 Å². The van der Waals surface area contributed by atoms with Crippen LogP contribution in [-0.2, 0) is 0 Å². The number of hydrogen-bond acceptors (Lipinski definition) is 1. The number of benzene rings is 3. The van der Waals surface area contributed by atoms with Crippen LogP contribution in [0.3, 0.4) is 0 Å². The zero-order chi connectivity index (χ0) is 17.8. The summed E-state index contributed by atoms with van der Waals surface area (Å²) in [6.45, 7) is 4.32. The molecule has 0 N–H and O–H groups in total. The molecule has 128 valence electrons.